The van der Waals surface area contributed by atoms with E-state index in [1.807, 2.05) is 36.1 Å². The third-order valence-corrected chi connectivity index (χ3v) is 4.22. The van der Waals surface area contributed by atoms with Gasteiger partial charge in [-0.15, -0.1) is 0 Å². The van der Waals surface area contributed by atoms with Crippen LogP contribution in [0.1, 0.15) is 38.8 Å². The molecule has 1 fully saturated rings. The van der Waals surface area contributed by atoms with Crippen LogP contribution in [0.2, 0.25) is 0 Å². The lowest BCUT2D eigenvalue weighted by atomic mass is 9.95. The molecule has 0 radical (unpaired) electrons. The molecule has 116 valence electrons. The maximum atomic E-state index is 12.1. The molecule has 1 amide bonds. The molecule has 4 nitrogen and oxygen atoms in total. The van der Waals surface area contributed by atoms with Crippen LogP contribution in [-0.2, 0) is 4.79 Å². The third-order valence-electron chi connectivity index (χ3n) is 4.22. The molecule has 4 heteroatoms. The highest BCUT2D eigenvalue weighted by atomic mass is 16.5. The Morgan fingerprint density at radius 2 is 2.10 bits per heavy atom. The number of ether oxygens (including phenoxy) is 1. The van der Waals surface area contributed by atoms with Gasteiger partial charge in [-0.1, -0.05) is 32.0 Å². The number of nitrogens with two attached hydrogens (primary N) is 1. The number of rotatable bonds is 6. The fourth-order valence-corrected chi connectivity index (χ4v) is 2.84. The van der Waals surface area contributed by atoms with Gasteiger partial charge in [-0.2, -0.15) is 0 Å². The molecule has 0 saturated carbocycles. The number of likely N-dealkylation sites (tertiary alicyclic amines) is 1. The van der Waals surface area contributed by atoms with Crippen LogP contribution in [0.3, 0.4) is 0 Å². The van der Waals surface area contributed by atoms with Crippen LogP contribution in [0.15, 0.2) is 24.3 Å². The SMILES string of the molecule is CCOc1ccccc1C(N)CN1CC(C(C)C)CC1=O. The van der Waals surface area contributed by atoms with Gasteiger partial charge in [0.15, 0.2) is 0 Å². The van der Waals surface area contributed by atoms with Crippen molar-refractivity contribution in [1.82, 2.24) is 4.90 Å². The zero-order valence-corrected chi connectivity index (χ0v) is 13.2. The normalized spacial score (nSPS) is 20.1. The molecule has 2 rings (SSSR count). The summed E-state index contributed by atoms with van der Waals surface area (Å²) in [5, 5.41) is 0. The summed E-state index contributed by atoms with van der Waals surface area (Å²) in [6.45, 7) is 8.30. The molecule has 1 aliphatic heterocycles. The number of nitrogens with zero attached hydrogens (tertiary/aromatic N) is 1. The fourth-order valence-electron chi connectivity index (χ4n) is 2.84. The van der Waals surface area contributed by atoms with Crippen molar-refractivity contribution in [2.45, 2.75) is 33.2 Å². The smallest absolute Gasteiger partial charge is 0.222 e. The van der Waals surface area contributed by atoms with Gasteiger partial charge in [0.1, 0.15) is 5.75 Å². The second-order valence-corrected chi connectivity index (χ2v) is 6.08. The number of carbonyl (C=O) groups excluding carboxylic acids is 1. The van der Waals surface area contributed by atoms with Gasteiger partial charge in [0.05, 0.1) is 12.6 Å². The number of amides is 1. The van der Waals surface area contributed by atoms with Crippen molar-refractivity contribution < 1.29 is 9.53 Å². The molecule has 2 N–H and O–H groups in total. The monoisotopic (exact) mass is 290 g/mol. The van der Waals surface area contributed by atoms with Crippen LogP contribution in [-0.4, -0.2) is 30.5 Å². The molecule has 0 aromatic heterocycles. The van der Waals surface area contributed by atoms with Crippen molar-refractivity contribution in [3.63, 3.8) is 0 Å². The fraction of sp³-hybridized carbons (Fsp3) is 0.588. The van der Waals surface area contributed by atoms with E-state index in [1.54, 1.807) is 0 Å². The summed E-state index contributed by atoms with van der Waals surface area (Å²) in [6.07, 6.45) is 0.650. The van der Waals surface area contributed by atoms with E-state index in [1.165, 1.54) is 0 Å². The zero-order chi connectivity index (χ0) is 15.4. The first-order valence-electron chi connectivity index (χ1n) is 7.78. The second kappa shape index (κ2) is 6.94. The highest BCUT2D eigenvalue weighted by Crippen LogP contribution is 2.28. The first-order valence-corrected chi connectivity index (χ1v) is 7.78. The Kier molecular flexibility index (Phi) is 5.23. The minimum atomic E-state index is -0.206. The van der Waals surface area contributed by atoms with Crippen LogP contribution >= 0.6 is 0 Å². The summed E-state index contributed by atoms with van der Waals surface area (Å²) in [6, 6.07) is 7.61. The van der Waals surface area contributed by atoms with Gasteiger partial charge < -0.3 is 15.4 Å². The lowest BCUT2D eigenvalue weighted by Gasteiger charge is -2.23. The minimum absolute atomic E-state index is 0.206. The molecule has 0 spiro atoms. The Labute approximate surface area is 127 Å². The molecular formula is C17H26N2O2. The Morgan fingerprint density at radius 1 is 1.38 bits per heavy atom. The van der Waals surface area contributed by atoms with Gasteiger partial charge in [0.25, 0.3) is 0 Å². The number of hydrogen-bond donors (Lipinski definition) is 1. The third kappa shape index (κ3) is 3.76. The van der Waals surface area contributed by atoms with Gasteiger partial charge in [0.2, 0.25) is 5.91 Å². The van der Waals surface area contributed by atoms with Gasteiger partial charge in [-0.05, 0) is 24.8 Å². The molecule has 1 aliphatic rings. The summed E-state index contributed by atoms with van der Waals surface area (Å²) < 4.78 is 5.63. The Morgan fingerprint density at radius 3 is 2.71 bits per heavy atom. The summed E-state index contributed by atoms with van der Waals surface area (Å²) in [4.78, 5) is 14.0. The molecule has 21 heavy (non-hydrogen) atoms. The zero-order valence-electron chi connectivity index (χ0n) is 13.2. The van der Waals surface area contributed by atoms with Crippen LogP contribution in [0.4, 0.5) is 0 Å². The number of para-hydroxylation sites is 1. The van der Waals surface area contributed by atoms with Crippen LogP contribution in [0.5, 0.6) is 5.75 Å². The Bertz CT molecular complexity index is 487. The van der Waals surface area contributed by atoms with Crippen LogP contribution in [0, 0.1) is 11.8 Å². The van der Waals surface area contributed by atoms with Gasteiger partial charge in [-0.3, -0.25) is 4.79 Å². The first kappa shape index (κ1) is 15.8. The number of benzene rings is 1. The molecule has 0 bridgehead atoms. The van der Waals surface area contributed by atoms with E-state index in [2.05, 4.69) is 13.8 Å². The van der Waals surface area contributed by atoms with Crippen molar-refractivity contribution in [3.8, 4) is 5.75 Å². The Balaban J connectivity index is 2.05. The largest absolute Gasteiger partial charge is 0.494 e. The van der Waals surface area contributed by atoms with Crippen molar-refractivity contribution in [2.75, 3.05) is 19.7 Å². The summed E-state index contributed by atoms with van der Waals surface area (Å²) >= 11 is 0. The van der Waals surface area contributed by atoms with E-state index < -0.39 is 0 Å². The molecule has 1 heterocycles. The van der Waals surface area contributed by atoms with E-state index in [-0.39, 0.29) is 11.9 Å². The van der Waals surface area contributed by atoms with Gasteiger partial charge >= 0.3 is 0 Å². The van der Waals surface area contributed by atoms with Crippen LogP contribution < -0.4 is 10.5 Å². The predicted octanol–water partition coefficient (Wildman–Crippen LogP) is 2.59. The van der Waals surface area contributed by atoms with E-state index in [9.17, 15) is 4.79 Å². The molecular weight excluding hydrogens is 264 g/mol. The van der Waals surface area contributed by atoms with E-state index in [0.717, 1.165) is 17.9 Å². The molecule has 1 aromatic carbocycles. The highest BCUT2D eigenvalue weighted by molar-refractivity contribution is 5.78. The lowest BCUT2D eigenvalue weighted by molar-refractivity contribution is -0.128. The molecule has 0 aliphatic carbocycles. The topological polar surface area (TPSA) is 55.6 Å². The first-order chi connectivity index (χ1) is 10.0. The second-order valence-electron chi connectivity index (χ2n) is 6.08. The average Bonchev–Trinajstić information content (AvgIpc) is 2.81. The highest BCUT2D eigenvalue weighted by Gasteiger charge is 2.32. The van der Waals surface area contributed by atoms with Gasteiger partial charge in [-0.25, -0.2) is 0 Å². The van der Waals surface area contributed by atoms with E-state index >= 15 is 0 Å². The summed E-state index contributed by atoms with van der Waals surface area (Å²) in [5.41, 5.74) is 7.29. The molecule has 2 atom stereocenters. The van der Waals surface area contributed by atoms with Gasteiger partial charge in [0, 0.05) is 25.1 Å². The Hall–Kier alpha value is -1.55. The predicted molar refractivity (Wildman–Crippen MR) is 84.1 cm³/mol. The molecule has 1 aromatic rings. The maximum absolute atomic E-state index is 12.1. The number of hydrogen-bond acceptors (Lipinski definition) is 3. The number of carbonyl (C=O) groups is 1. The molecule has 1 saturated heterocycles. The molecule has 2 unspecified atom stereocenters. The van der Waals surface area contributed by atoms with Crippen molar-refractivity contribution >= 4 is 5.91 Å². The van der Waals surface area contributed by atoms with Crippen molar-refractivity contribution in [2.24, 2.45) is 17.6 Å². The van der Waals surface area contributed by atoms with E-state index in [4.69, 9.17) is 10.5 Å². The van der Waals surface area contributed by atoms with Crippen LogP contribution in [0.25, 0.3) is 0 Å². The standard InChI is InChI=1S/C17H26N2O2/c1-4-21-16-8-6-5-7-14(16)15(18)11-19-10-13(12(2)3)9-17(19)20/h5-8,12-13,15H,4,9-11,18H2,1-3H3. The summed E-state index contributed by atoms with van der Waals surface area (Å²) in [5.74, 6) is 2.02. The van der Waals surface area contributed by atoms with Crippen molar-refractivity contribution in [1.29, 1.82) is 0 Å². The quantitative estimate of drug-likeness (QED) is 0.876. The minimum Gasteiger partial charge on any atom is -0.494 e. The maximum Gasteiger partial charge on any atom is 0.222 e. The van der Waals surface area contributed by atoms with E-state index in [0.29, 0.717) is 31.4 Å². The van der Waals surface area contributed by atoms with Crippen molar-refractivity contribution in [3.05, 3.63) is 29.8 Å². The average molecular weight is 290 g/mol. The lowest BCUT2D eigenvalue weighted by Crippen LogP contribution is -2.33. The summed E-state index contributed by atoms with van der Waals surface area (Å²) in [7, 11) is 0.